The fourth-order valence-electron chi connectivity index (χ4n) is 4.83. The van der Waals surface area contributed by atoms with Crippen molar-refractivity contribution in [2.24, 2.45) is 0 Å². The highest BCUT2D eigenvalue weighted by Crippen LogP contribution is 2.35. The third-order valence-electron chi connectivity index (χ3n) is 6.78. The first-order chi connectivity index (χ1) is 17.4. The Bertz CT molecular complexity index is 1190. The lowest BCUT2D eigenvalue weighted by molar-refractivity contribution is -0.136. The van der Waals surface area contributed by atoms with E-state index in [2.05, 4.69) is 25.8 Å². The smallest absolute Gasteiger partial charge is 0.266 e. The SMILES string of the molecule is CC(Oc1cccc2c1C(=O)N(C1CCC(=O)NC1=O)C2=O)c1cn(CCCN2CCNCC2)nn1. The van der Waals surface area contributed by atoms with Gasteiger partial charge in [0.15, 0.2) is 0 Å². The third kappa shape index (κ3) is 4.73. The van der Waals surface area contributed by atoms with Crippen LogP contribution in [0.4, 0.5) is 0 Å². The Morgan fingerprint density at radius 3 is 2.69 bits per heavy atom. The van der Waals surface area contributed by atoms with E-state index in [-0.39, 0.29) is 29.7 Å². The van der Waals surface area contributed by atoms with Crippen LogP contribution < -0.4 is 15.4 Å². The number of aryl methyl sites for hydroxylation is 1. The predicted molar refractivity (Wildman–Crippen MR) is 126 cm³/mol. The van der Waals surface area contributed by atoms with Crippen LogP contribution in [0.1, 0.15) is 58.7 Å². The molecule has 0 bridgehead atoms. The molecule has 3 aliphatic heterocycles. The number of nitrogens with one attached hydrogen (secondary N) is 2. The van der Waals surface area contributed by atoms with Crippen LogP contribution in [0.2, 0.25) is 0 Å². The third-order valence-corrected chi connectivity index (χ3v) is 6.78. The molecule has 12 nitrogen and oxygen atoms in total. The molecule has 1 aromatic heterocycles. The van der Waals surface area contributed by atoms with Crippen molar-refractivity contribution in [3.05, 3.63) is 41.2 Å². The lowest BCUT2D eigenvalue weighted by Crippen LogP contribution is -2.54. The van der Waals surface area contributed by atoms with E-state index >= 15 is 0 Å². The van der Waals surface area contributed by atoms with E-state index in [1.54, 1.807) is 23.7 Å². The van der Waals surface area contributed by atoms with Crippen molar-refractivity contribution >= 4 is 23.6 Å². The number of piperidine rings is 1. The molecule has 1 aromatic carbocycles. The average molecular weight is 496 g/mol. The number of aromatic nitrogens is 3. The topological polar surface area (TPSA) is 139 Å². The molecule has 2 atom stereocenters. The predicted octanol–water partition coefficient (Wildman–Crippen LogP) is 0.115. The van der Waals surface area contributed by atoms with Gasteiger partial charge in [0.25, 0.3) is 11.8 Å². The first-order valence-electron chi connectivity index (χ1n) is 12.3. The first kappa shape index (κ1) is 24.1. The maximum absolute atomic E-state index is 13.2. The summed E-state index contributed by atoms with van der Waals surface area (Å²) in [5, 5.41) is 14.0. The van der Waals surface area contributed by atoms with Gasteiger partial charge >= 0.3 is 0 Å². The van der Waals surface area contributed by atoms with E-state index in [0.717, 1.165) is 50.6 Å². The number of nitrogens with zero attached hydrogens (tertiary/aromatic N) is 5. The molecular weight excluding hydrogens is 466 g/mol. The number of hydrogen-bond acceptors (Lipinski definition) is 9. The molecule has 12 heteroatoms. The van der Waals surface area contributed by atoms with Gasteiger partial charge in [0.2, 0.25) is 11.8 Å². The van der Waals surface area contributed by atoms with E-state index in [4.69, 9.17) is 4.74 Å². The van der Waals surface area contributed by atoms with Gasteiger partial charge < -0.3 is 15.0 Å². The van der Waals surface area contributed by atoms with Crippen LogP contribution in [-0.2, 0) is 16.1 Å². The van der Waals surface area contributed by atoms with Gasteiger partial charge in [-0.2, -0.15) is 0 Å². The molecule has 0 spiro atoms. The molecule has 4 amide bonds. The Morgan fingerprint density at radius 1 is 1.11 bits per heavy atom. The molecule has 2 fully saturated rings. The second-order valence-electron chi connectivity index (χ2n) is 9.24. The minimum atomic E-state index is -1.03. The van der Waals surface area contributed by atoms with Gasteiger partial charge in [0.05, 0.1) is 17.3 Å². The quantitative estimate of drug-likeness (QED) is 0.489. The lowest BCUT2D eigenvalue weighted by atomic mass is 10.0. The molecule has 4 heterocycles. The number of benzene rings is 1. The molecule has 2 aromatic rings. The van der Waals surface area contributed by atoms with Crippen molar-refractivity contribution in [3.8, 4) is 5.75 Å². The van der Waals surface area contributed by atoms with Gasteiger partial charge in [-0.1, -0.05) is 11.3 Å². The molecule has 3 aliphatic rings. The summed E-state index contributed by atoms with van der Waals surface area (Å²) in [6.07, 6.45) is 2.42. The number of rotatable bonds is 8. The normalized spacial score (nSPS) is 21.5. The van der Waals surface area contributed by atoms with Gasteiger partial charge in [0.1, 0.15) is 23.6 Å². The van der Waals surface area contributed by atoms with Crippen molar-refractivity contribution in [2.45, 2.75) is 44.9 Å². The van der Waals surface area contributed by atoms with Crippen molar-refractivity contribution in [1.82, 2.24) is 35.4 Å². The highest BCUT2D eigenvalue weighted by molar-refractivity contribution is 6.24. The zero-order chi connectivity index (χ0) is 25.2. The Morgan fingerprint density at radius 2 is 1.92 bits per heavy atom. The number of carbonyl (C=O) groups excluding carboxylic acids is 4. The fraction of sp³-hybridized carbons (Fsp3) is 0.500. The molecule has 0 radical (unpaired) electrons. The number of piperazine rings is 1. The largest absolute Gasteiger partial charge is 0.483 e. The zero-order valence-electron chi connectivity index (χ0n) is 20.1. The van der Waals surface area contributed by atoms with Crippen LogP contribution >= 0.6 is 0 Å². The Balaban J connectivity index is 1.25. The maximum Gasteiger partial charge on any atom is 0.266 e. The second-order valence-corrected chi connectivity index (χ2v) is 9.24. The van der Waals surface area contributed by atoms with Crippen LogP contribution in [0.25, 0.3) is 0 Å². The van der Waals surface area contributed by atoms with E-state index < -0.39 is 35.8 Å². The van der Waals surface area contributed by atoms with Gasteiger partial charge in [-0.05, 0) is 31.9 Å². The highest BCUT2D eigenvalue weighted by atomic mass is 16.5. The maximum atomic E-state index is 13.2. The summed E-state index contributed by atoms with van der Waals surface area (Å²) in [4.78, 5) is 53.4. The molecular formula is C24H29N7O5. The van der Waals surface area contributed by atoms with Crippen molar-refractivity contribution in [2.75, 3.05) is 32.7 Å². The van der Waals surface area contributed by atoms with Crippen LogP contribution in [0.5, 0.6) is 5.75 Å². The van der Waals surface area contributed by atoms with E-state index in [1.165, 1.54) is 6.07 Å². The van der Waals surface area contributed by atoms with E-state index in [9.17, 15) is 19.2 Å². The number of carbonyl (C=O) groups is 4. The number of amides is 4. The molecule has 2 saturated heterocycles. The fourth-order valence-corrected chi connectivity index (χ4v) is 4.83. The van der Waals surface area contributed by atoms with Crippen LogP contribution in [0.15, 0.2) is 24.4 Å². The molecule has 36 heavy (non-hydrogen) atoms. The van der Waals surface area contributed by atoms with Crippen molar-refractivity contribution < 1.29 is 23.9 Å². The van der Waals surface area contributed by atoms with Gasteiger partial charge in [0, 0.05) is 45.7 Å². The number of ether oxygens (including phenoxy) is 1. The Hall–Kier alpha value is -3.64. The number of imide groups is 2. The minimum absolute atomic E-state index is 0.0646. The molecule has 2 N–H and O–H groups in total. The second kappa shape index (κ2) is 10.2. The number of fused-ring (bicyclic) bond motifs is 1. The van der Waals surface area contributed by atoms with Gasteiger partial charge in [-0.25, -0.2) is 0 Å². The minimum Gasteiger partial charge on any atom is -0.483 e. The summed E-state index contributed by atoms with van der Waals surface area (Å²) in [5.41, 5.74) is 0.891. The van der Waals surface area contributed by atoms with E-state index in [0.29, 0.717) is 5.69 Å². The van der Waals surface area contributed by atoms with Crippen LogP contribution in [0, 0.1) is 0 Å². The number of hydrogen-bond donors (Lipinski definition) is 2. The molecule has 190 valence electrons. The van der Waals surface area contributed by atoms with Gasteiger partial charge in [-0.3, -0.25) is 34.1 Å². The average Bonchev–Trinajstić information content (AvgIpc) is 3.44. The Kier molecular flexibility index (Phi) is 6.79. The standard InChI is InChI=1S/C24H29N7O5/c1-15(17-14-30(28-27-17)11-3-10-29-12-8-25-9-13-29)36-19-5-2-4-16-21(19)24(35)31(23(16)34)18-6-7-20(32)26-22(18)33/h2,4-5,14-15,18,25H,3,6-13H2,1H3,(H,26,32,33). The summed E-state index contributed by atoms with van der Waals surface area (Å²) in [6.45, 7) is 7.68. The van der Waals surface area contributed by atoms with Crippen LogP contribution in [-0.4, -0.2) is 87.2 Å². The summed E-state index contributed by atoms with van der Waals surface area (Å²) >= 11 is 0. The molecule has 0 aliphatic carbocycles. The lowest BCUT2D eigenvalue weighted by Gasteiger charge is -2.27. The van der Waals surface area contributed by atoms with Gasteiger partial charge in [-0.15, -0.1) is 5.10 Å². The molecule has 0 saturated carbocycles. The van der Waals surface area contributed by atoms with E-state index in [1.807, 2.05) is 6.20 Å². The molecule has 2 unspecified atom stereocenters. The highest BCUT2D eigenvalue weighted by Gasteiger charge is 2.46. The van der Waals surface area contributed by atoms with Crippen molar-refractivity contribution in [1.29, 1.82) is 0 Å². The summed E-state index contributed by atoms with van der Waals surface area (Å²) in [7, 11) is 0. The summed E-state index contributed by atoms with van der Waals surface area (Å²) in [6, 6.07) is 3.76. The first-order valence-corrected chi connectivity index (χ1v) is 12.3. The van der Waals surface area contributed by atoms with Crippen molar-refractivity contribution in [3.63, 3.8) is 0 Å². The Labute approximate surface area is 207 Å². The monoisotopic (exact) mass is 495 g/mol. The summed E-state index contributed by atoms with van der Waals surface area (Å²) < 4.78 is 7.85. The summed E-state index contributed by atoms with van der Waals surface area (Å²) in [5.74, 6) is -2.00. The zero-order valence-corrected chi connectivity index (χ0v) is 20.1. The molecule has 5 rings (SSSR count). The van der Waals surface area contributed by atoms with Crippen LogP contribution in [0.3, 0.4) is 0 Å².